The predicted octanol–water partition coefficient (Wildman–Crippen LogP) is 2.44. The average molecular weight is 327 g/mol. The van der Waals surface area contributed by atoms with Crippen molar-refractivity contribution < 1.29 is 18.0 Å². The topological polar surface area (TPSA) is 59.2 Å². The van der Waals surface area contributed by atoms with Gasteiger partial charge in [-0.2, -0.15) is 13.2 Å². The molecule has 1 fully saturated rings. The van der Waals surface area contributed by atoms with Gasteiger partial charge in [-0.1, -0.05) is 0 Å². The Hall–Kier alpha value is -1.63. The van der Waals surface area contributed by atoms with Crippen LogP contribution in [-0.4, -0.2) is 35.1 Å². The van der Waals surface area contributed by atoms with Crippen LogP contribution < -0.4 is 5.73 Å². The summed E-state index contributed by atoms with van der Waals surface area (Å²) in [7, 11) is 0. The molecule has 2 N–H and O–H groups in total. The van der Waals surface area contributed by atoms with E-state index in [0.717, 1.165) is 36.1 Å². The van der Waals surface area contributed by atoms with Gasteiger partial charge in [0.25, 0.3) is 5.91 Å². The van der Waals surface area contributed by atoms with Gasteiger partial charge in [0.15, 0.2) is 0 Å². The first-order valence-electron chi connectivity index (χ1n) is 7.95. The van der Waals surface area contributed by atoms with Crippen LogP contribution in [0, 0.1) is 5.92 Å². The Kier molecular flexibility index (Phi) is 4.31. The lowest BCUT2D eigenvalue weighted by Gasteiger charge is -2.34. The number of hydrogen-bond donors (Lipinski definition) is 1. The van der Waals surface area contributed by atoms with Crippen LogP contribution in [0.5, 0.6) is 0 Å². The zero-order chi connectivity index (χ0) is 16.6. The van der Waals surface area contributed by atoms with E-state index in [0.29, 0.717) is 19.5 Å². The lowest BCUT2D eigenvalue weighted by Crippen LogP contribution is -2.41. The number of fused-ring (bicyclic) bond motifs is 1. The molecule has 0 radical (unpaired) electrons. The summed E-state index contributed by atoms with van der Waals surface area (Å²) in [5, 5.41) is 0. The second-order valence-corrected chi connectivity index (χ2v) is 6.43. The maximum Gasteiger partial charge on any atom is 0.393 e. The fourth-order valence-electron chi connectivity index (χ4n) is 3.60. The minimum atomic E-state index is -4.14. The number of aromatic nitrogens is 1. The molecule has 4 nitrogen and oxygen atoms in total. The third-order valence-electron chi connectivity index (χ3n) is 4.76. The molecule has 1 atom stereocenters. The number of halogens is 3. The van der Waals surface area contributed by atoms with Crippen molar-refractivity contribution in [3.05, 3.63) is 28.6 Å². The lowest BCUT2D eigenvalue weighted by atomic mass is 9.96. The van der Waals surface area contributed by atoms with Crippen LogP contribution in [0.2, 0.25) is 0 Å². The number of carbonyl (C=O) groups excluding carboxylic acids is 1. The molecular weight excluding hydrogens is 307 g/mol. The molecule has 1 aromatic heterocycles. The summed E-state index contributed by atoms with van der Waals surface area (Å²) in [6, 6.07) is 1.66. The number of primary amides is 1. The van der Waals surface area contributed by atoms with E-state index in [1.54, 1.807) is 6.07 Å². The number of likely N-dealkylation sites (tertiary alicyclic amines) is 1. The number of alkyl halides is 3. The molecule has 1 aliphatic heterocycles. The molecular formula is C16H20F3N3O. The zero-order valence-electron chi connectivity index (χ0n) is 12.8. The SMILES string of the molecule is NC(=O)c1cc(CN2CCCC(C(F)(F)F)C2)c2c(n1)CCC2. The van der Waals surface area contributed by atoms with Gasteiger partial charge < -0.3 is 5.73 Å². The highest BCUT2D eigenvalue weighted by atomic mass is 19.4. The molecule has 2 aliphatic rings. The van der Waals surface area contributed by atoms with E-state index in [1.807, 2.05) is 4.90 Å². The van der Waals surface area contributed by atoms with Gasteiger partial charge in [-0.25, -0.2) is 4.98 Å². The molecule has 1 saturated heterocycles. The van der Waals surface area contributed by atoms with Crippen molar-refractivity contribution in [2.45, 2.75) is 44.8 Å². The number of nitrogens with two attached hydrogens (primary N) is 1. The fourth-order valence-corrected chi connectivity index (χ4v) is 3.60. The molecule has 0 bridgehead atoms. The molecule has 3 rings (SSSR count). The van der Waals surface area contributed by atoms with Crippen LogP contribution in [0.1, 0.15) is 46.6 Å². The van der Waals surface area contributed by atoms with Crippen molar-refractivity contribution >= 4 is 5.91 Å². The number of carbonyl (C=O) groups is 1. The minimum absolute atomic E-state index is 0.0203. The van der Waals surface area contributed by atoms with E-state index in [-0.39, 0.29) is 18.7 Å². The summed E-state index contributed by atoms with van der Waals surface area (Å²) in [5.41, 5.74) is 8.41. The van der Waals surface area contributed by atoms with Crippen LogP contribution >= 0.6 is 0 Å². The molecule has 23 heavy (non-hydrogen) atoms. The van der Waals surface area contributed by atoms with Gasteiger partial charge in [0.05, 0.1) is 5.92 Å². The molecule has 1 aliphatic carbocycles. The second-order valence-electron chi connectivity index (χ2n) is 6.43. The third kappa shape index (κ3) is 3.49. The Balaban J connectivity index is 1.81. The Bertz CT molecular complexity index is 615. The van der Waals surface area contributed by atoms with Gasteiger partial charge >= 0.3 is 6.18 Å². The highest BCUT2D eigenvalue weighted by molar-refractivity contribution is 5.91. The Morgan fingerprint density at radius 1 is 1.35 bits per heavy atom. The third-order valence-corrected chi connectivity index (χ3v) is 4.76. The summed E-state index contributed by atoms with van der Waals surface area (Å²) < 4.78 is 38.8. The first-order chi connectivity index (χ1) is 10.8. The zero-order valence-corrected chi connectivity index (χ0v) is 12.8. The number of rotatable bonds is 3. The fraction of sp³-hybridized carbons (Fsp3) is 0.625. The van der Waals surface area contributed by atoms with Crippen LogP contribution in [0.25, 0.3) is 0 Å². The summed E-state index contributed by atoms with van der Waals surface area (Å²) in [5.74, 6) is -1.85. The monoisotopic (exact) mass is 327 g/mol. The van der Waals surface area contributed by atoms with Gasteiger partial charge in [0.2, 0.25) is 0 Å². The van der Waals surface area contributed by atoms with E-state index in [1.165, 1.54) is 0 Å². The molecule has 1 amide bonds. The molecule has 2 heterocycles. The van der Waals surface area contributed by atoms with Crippen LogP contribution in [0.4, 0.5) is 13.2 Å². The van der Waals surface area contributed by atoms with Gasteiger partial charge in [-0.3, -0.25) is 9.69 Å². The highest BCUT2D eigenvalue weighted by Gasteiger charge is 2.41. The molecule has 126 valence electrons. The maximum absolute atomic E-state index is 12.9. The molecule has 0 spiro atoms. The Morgan fingerprint density at radius 2 is 2.13 bits per heavy atom. The molecule has 1 unspecified atom stereocenters. The molecule has 1 aromatic rings. The van der Waals surface area contributed by atoms with Crippen molar-refractivity contribution in [2.24, 2.45) is 11.7 Å². The van der Waals surface area contributed by atoms with Gasteiger partial charge in [0, 0.05) is 18.8 Å². The standard InChI is InChI=1S/C16H20F3N3O/c17-16(18,19)11-3-2-6-22(9-11)8-10-7-14(15(20)23)21-13-5-1-4-12(10)13/h7,11H,1-6,8-9H2,(H2,20,23). The van der Waals surface area contributed by atoms with Crippen molar-refractivity contribution in [3.8, 4) is 0 Å². The number of nitrogens with zero attached hydrogens (tertiary/aromatic N) is 2. The minimum Gasteiger partial charge on any atom is -0.364 e. The first kappa shape index (κ1) is 16.2. The number of piperidine rings is 1. The second kappa shape index (κ2) is 6.11. The van der Waals surface area contributed by atoms with E-state index in [2.05, 4.69) is 4.98 Å². The molecule has 7 heteroatoms. The van der Waals surface area contributed by atoms with E-state index in [4.69, 9.17) is 5.73 Å². The highest BCUT2D eigenvalue weighted by Crippen LogP contribution is 2.34. The molecule has 0 aromatic carbocycles. The number of pyridine rings is 1. The summed E-state index contributed by atoms with van der Waals surface area (Å²) in [6.45, 7) is 1.10. The number of aryl methyl sites for hydroxylation is 1. The summed E-state index contributed by atoms with van der Waals surface area (Å²) in [4.78, 5) is 17.5. The Labute approximate surface area is 132 Å². The average Bonchev–Trinajstić information content (AvgIpc) is 2.95. The quantitative estimate of drug-likeness (QED) is 0.928. The normalized spacial score (nSPS) is 22.1. The molecule has 0 saturated carbocycles. The number of hydrogen-bond acceptors (Lipinski definition) is 3. The van der Waals surface area contributed by atoms with Crippen molar-refractivity contribution in [3.63, 3.8) is 0 Å². The van der Waals surface area contributed by atoms with Gasteiger partial charge in [0.1, 0.15) is 5.69 Å². The van der Waals surface area contributed by atoms with E-state index in [9.17, 15) is 18.0 Å². The number of amides is 1. The van der Waals surface area contributed by atoms with Crippen LogP contribution in [0.3, 0.4) is 0 Å². The smallest absolute Gasteiger partial charge is 0.364 e. The summed E-state index contributed by atoms with van der Waals surface area (Å²) >= 11 is 0. The van der Waals surface area contributed by atoms with Crippen molar-refractivity contribution in [1.82, 2.24) is 9.88 Å². The first-order valence-corrected chi connectivity index (χ1v) is 7.95. The predicted molar refractivity (Wildman–Crippen MR) is 78.8 cm³/mol. The Morgan fingerprint density at radius 3 is 2.83 bits per heavy atom. The summed E-state index contributed by atoms with van der Waals surface area (Å²) in [6.07, 6.45) is -0.775. The van der Waals surface area contributed by atoms with Crippen molar-refractivity contribution in [2.75, 3.05) is 13.1 Å². The van der Waals surface area contributed by atoms with Gasteiger partial charge in [-0.15, -0.1) is 0 Å². The van der Waals surface area contributed by atoms with Crippen LogP contribution in [0.15, 0.2) is 6.07 Å². The van der Waals surface area contributed by atoms with Crippen molar-refractivity contribution in [1.29, 1.82) is 0 Å². The van der Waals surface area contributed by atoms with E-state index >= 15 is 0 Å². The maximum atomic E-state index is 12.9. The largest absolute Gasteiger partial charge is 0.393 e. The lowest BCUT2D eigenvalue weighted by molar-refractivity contribution is -0.187. The van der Waals surface area contributed by atoms with E-state index < -0.39 is 18.0 Å². The van der Waals surface area contributed by atoms with Crippen LogP contribution in [-0.2, 0) is 19.4 Å². The van der Waals surface area contributed by atoms with Gasteiger partial charge in [-0.05, 0) is 55.8 Å².